The summed E-state index contributed by atoms with van der Waals surface area (Å²) in [7, 11) is 0. The van der Waals surface area contributed by atoms with Gasteiger partial charge in [0.25, 0.3) is 0 Å². The van der Waals surface area contributed by atoms with Crippen molar-refractivity contribution in [3.63, 3.8) is 0 Å². The number of hydrogen-bond acceptors (Lipinski definition) is 6. The molecule has 3 N–H and O–H groups in total. The fraction of sp³-hybridized carbons (Fsp3) is 0.500. The molecule has 0 saturated heterocycles. The van der Waals surface area contributed by atoms with Gasteiger partial charge in [-0.1, -0.05) is 0 Å². The van der Waals surface area contributed by atoms with E-state index in [0.29, 0.717) is 31.1 Å². The fourth-order valence-electron chi connectivity index (χ4n) is 1.64. The SMILES string of the molecule is CCOC(=O)c1ccnc(N(CC)CCO)c1N. The van der Waals surface area contributed by atoms with Crippen LogP contribution in [0.25, 0.3) is 0 Å². The largest absolute Gasteiger partial charge is 0.462 e. The van der Waals surface area contributed by atoms with Crippen molar-refractivity contribution in [1.82, 2.24) is 4.98 Å². The van der Waals surface area contributed by atoms with Gasteiger partial charge in [-0.3, -0.25) is 0 Å². The molecule has 0 unspecified atom stereocenters. The number of aliphatic hydroxyl groups excluding tert-OH is 1. The van der Waals surface area contributed by atoms with Crippen molar-refractivity contribution in [1.29, 1.82) is 0 Å². The molecule has 0 radical (unpaired) electrons. The van der Waals surface area contributed by atoms with Gasteiger partial charge in [-0.2, -0.15) is 0 Å². The van der Waals surface area contributed by atoms with Crippen LogP contribution in [-0.2, 0) is 4.74 Å². The lowest BCUT2D eigenvalue weighted by molar-refractivity contribution is 0.0527. The number of nitrogens with two attached hydrogens (primary N) is 1. The normalized spacial score (nSPS) is 10.2. The molecule has 1 rings (SSSR count). The van der Waals surface area contributed by atoms with E-state index in [2.05, 4.69) is 4.98 Å². The molecule has 1 aromatic rings. The second-order valence-electron chi connectivity index (χ2n) is 3.62. The zero-order valence-corrected chi connectivity index (χ0v) is 10.7. The number of aliphatic hydroxyl groups is 1. The van der Waals surface area contributed by atoms with Gasteiger partial charge in [0.2, 0.25) is 0 Å². The topological polar surface area (TPSA) is 88.7 Å². The van der Waals surface area contributed by atoms with Gasteiger partial charge in [-0.05, 0) is 19.9 Å². The summed E-state index contributed by atoms with van der Waals surface area (Å²) in [6, 6.07) is 1.53. The van der Waals surface area contributed by atoms with Crippen LogP contribution >= 0.6 is 0 Å². The highest BCUT2D eigenvalue weighted by molar-refractivity contribution is 5.97. The third-order valence-electron chi connectivity index (χ3n) is 2.52. The molecule has 6 heteroatoms. The van der Waals surface area contributed by atoms with Gasteiger partial charge >= 0.3 is 5.97 Å². The molecule has 18 heavy (non-hydrogen) atoms. The van der Waals surface area contributed by atoms with E-state index in [1.807, 2.05) is 6.92 Å². The number of esters is 1. The van der Waals surface area contributed by atoms with Gasteiger partial charge < -0.3 is 20.5 Å². The number of carbonyl (C=O) groups is 1. The number of aromatic nitrogens is 1. The van der Waals surface area contributed by atoms with Crippen LogP contribution in [0.3, 0.4) is 0 Å². The molecule has 0 bridgehead atoms. The minimum atomic E-state index is -0.460. The van der Waals surface area contributed by atoms with Crippen molar-refractivity contribution < 1.29 is 14.6 Å². The molecule has 0 aliphatic heterocycles. The Morgan fingerprint density at radius 1 is 1.56 bits per heavy atom. The predicted molar refractivity (Wildman–Crippen MR) is 69.6 cm³/mol. The average molecular weight is 253 g/mol. The Bertz CT molecular complexity index is 410. The minimum Gasteiger partial charge on any atom is -0.462 e. The Hall–Kier alpha value is -1.82. The summed E-state index contributed by atoms with van der Waals surface area (Å²) < 4.78 is 4.92. The number of ether oxygens (including phenoxy) is 1. The molecular weight excluding hydrogens is 234 g/mol. The minimum absolute atomic E-state index is 0.00139. The molecule has 0 saturated carbocycles. The van der Waals surface area contributed by atoms with E-state index >= 15 is 0 Å². The van der Waals surface area contributed by atoms with E-state index in [-0.39, 0.29) is 12.3 Å². The van der Waals surface area contributed by atoms with Crippen molar-refractivity contribution in [3.05, 3.63) is 17.8 Å². The van der Waals surface area contributed by atoms with Gasteiger partial charge in [-0.15, -0.1) is 0 Å². The standard InChI is InChI=1S/C12H19N3O3/c1-3-15(7-8-16)11-10(13)9(5-6-14-11)12(17)18-4-2/h5-6,16H,3-4,7-8,13H2,1-2H3. The van der Waals surface area contributed by atoms with Crippen LogP contribution in [-0.4, -0.2) is 42.4 Å². The van der Waals surface area contributed by atoms with E-state index < -0.39 is 5.97 Å². The fourth-order valence-corrected chi connectivity index (χ4v) is 1.64. The number of rotatable bonds is 6. The lowest BCUT2D eigenvalue weighted by Crippen LogP contribution is -2.28. The molecule has 0 atom stereocenters. The number of hydrogen-bond donors (Lipinski definition) is 2. The number of likely N-dealkylation sites (N-methyl/N-ethyl adjacent to an activating group) is 1. The molecule has 0 aromatic carbocycles. The van der Waals surface area contributed by atoms with E-state index in [1.165, 1.54) is 12.3 Å². The Morgan fingerprint density at radius 2 is 2.28 bits per heavy atom. The molecule has 0 spiro atoms. The molecule has 0 aliphatic carbocycles. The van der Waals surface area contributed by atoms with Crippen molar-refractivity contribution in [3.8, 4) is 0 Å². The summed E-state index contributed by atoms with van der Waals surface area (Å²) in [6.07, 6.45) is 1.51. The van der Waals surface area contributed by atoms with Gasteiger partial charge in [0.15, 0.2) is 5.82 Å². The Labute approximate surface area is 106 Å². The molecule has 1 heterocycles. The number of pyridine rings is 1. The maximum Gasteiger partial charge on any atom is 0.340 e. The van der Waals surface area contributed by atoms with Crippen LogP contribution in [0.15, 0.2) is 12.3 Å². The Kier molecular flexibility index (Phi) is 5.38. The summed E-state index contributed by atoms with van der Waals surface area (Å²) in [5.74, 6) is 0.0378. The number of anilines is 2. The smallest absolute Gasteiger partial charge is 0.340 e. The molecular formula is C12H19N3O3. The Balaban J connectivity index is 3.07. The maximum atomic E-state index is 11.7. The zero-order chi connectivity index (χ0) is 13.5. The van der Waals surface area contributed by atoms with Crippen LogP contribution in [0.5, 0.6) is 0 Å². The van der Waals surface area contributed by atoms with Crippen molar-refractivity contribution >= 4 is 17.5 Å². The first-order chi connectivity index (χ1) is 8.65. The lowest BCUT2D eigenvalue weighted by Gasteiger charge is -2.22. The number of carbonyl (C=O) groups excluding carboxylic acids is 1. The first kappa shape index (κ1) is 14.2. The molecule has 1 aromatic heterocycles. The third-order valence-corrected chi connectivity index (χ3v) is 2.52. The number of nitrogens with zero attached hydrogens (tertiary/aromatic N) is 2. The van der Waals surface area contributed by atoms with E-state index in [1.54, 1.807) is 11.8 Å². The van der Waals surface area contributed by atoms with E-state index in [9.17, 15) is 4.79 Å². The Morgan fingerprint density at radius 3 is 2.83 bits per heavy atom. The summed E-state index contributed by atoms with van der Waals surface area (Å²) in [6.45, 7) is 5.01. The second kappa shape index (κ2) is 6.80. The van der Waals surface area contributed by atoms with E-state index in [0.717, 1.165) is 0 Å². The van der Waals surface area contributed by atoms with Crippen LogP contribution in [0.4, 0.5) is 11.5 Å². The summed E-state index contributed by atoms with van der Waals surface area (Å²) >= 11 is 0. The summed E-state index contributed by atoms with van der Waals surface area (Å²) in [4.78, 5) is 17.6. The van der Waals surface area contributed by atoms with Crippen molar-refractivity contribution in [2.24, 2.45) is 0 Å². The monoisotopic (exact) mass is 253 g/mol. The van der Waals surface area contributed by atoms with Crippen LogP contribution < -0.4 is 10.6 Å². The third kappa shape index (κ3) is 3.10. The predicted octanol–water partition coefficient (Wildman–Crippen LogP) is 0.659. The summed E-state index contributed by atoms with van der Waals surface area (Å²) in [5, 5.41) is 8.98. The summed E-state index contributed by atoms with van der Waals surface area (Å²) in [5.41, 5.74) is 6.52. The van der Waals surface area contributed by atoms with Gasteiger partial charge in [0.1, 0.15) is 0 Å². The van der Waals surface area contributed by atoms with Crippen LogP contribution in [0, 0.1) is 0 Å². The number of nitrogen functional groups attached to an aromatic ring is 1. The molecule has 0 aliphatic rings. The highest BCUT2D eigenvalue weighted by Gasteiger charge is 2.17. The van der Waals surface area contributed by atoms with Crippen molar-refractivity contribution in [2.45, 2.75) is 13.8 Å². The zero-order valence-electron chi connectivity index (χ0n) is 10.7. The van der Waals surface area contributed by atoms with Crippen LogP contribution in [0.2, 0.25) is 0 Å². The molecule has 100 valence electrons. The maximum absolute atomic E-state index is 11.7. The average Bonchev–Trinajstić information content (AvgIpc) is 2.37. The highest BCUT2D eigenvalue weighted by atomic mass is 16.5. The van der Waals surface area contributed by atoms with Gasteiger partial charge in [0, 0.05) is 19.3 Å². The lowest BCUT2D eigenvalue weighted by atomic mass is 10.2. The first-order valence-electron chi connectivity index (χ1n) is 5.93. The highest BCUT2D eigenvalue weighted by Crippen LogP contribution is 2.24. The second-order valence-corrected chi connectivity index (χ2v) is 3.62. The quantitative estimate of drug-likeness (QED) is 0.724. The molecule has 0 fully saturated rings. The molecule has 0 amide bonds. The van der Waals surface area contributed by atoms with Crippen LogP contribution in [0.1, 0.15) is 24.2 Å². The van der Waals surface area contributed by atoms with Crippen molar-refractivity contribution in [2.75, 3.05) is 36.9 Å². The first-order valence-corrected chi connectivity index (χ1v) is 5.93. The van der Waals surface area contributed by atoms with E-state index in [4.69, 9.17) is 15.6 Å². The van der Waals surface area contributed by atoms with Gasteiger partial charge in [0.05, 0.1) is 24.5 Å². The van der Waals surface area contributed by atoms with Gasteiger partial charge in [-0.25, -0.2) is 9.78 Å². The molecule has 6 nitrogen and oxygen atoms in total.